The van der Waals surface area contributed by atoms with Crippen LogP contribution in [0.2, 0.25) is 0 Å². The summed E-state index contributed by atoms with van der Waals surface area (Å²) in [6, 6.07) is 3.76. The zero-order chi connectivity index (χ0) is 18.0. The van der Waals surface area contributed by atoms with Crippen LogP contribution < -0.4 is 5.32 Å². The quantitative estimate of drug-likeness (QED) is 0.804. The van der Waals surface area contributed by atoms with Crippen molar-refractivity contribution in [2.75, 3.05) is 13.6 Å². The number of hydrogen-bond donors (Lipinski definition) is 2. The van der Waals surface area contributed by atoms with Crippen molar-refractivity contribution in [2.24, 2.45) is 9.98 Å². The van der Waals surface area contributed by atoms with Gasteiger partial charge in [0.05, 0.1) is 6.54 Å². The minimum absolute atomic E-state index is 0.0885. The van der Waals surface area contributed by atoms with Gasteiger partial charge in [-0.1, -0.05) is 0 Å². The standard InChI is InChI=1S/C16H18N8O/c1-9-11(5-6-12(21-9)14-19-8-20-23-14)10(2)22-16-15(17-3)18-7-13(25)24(16)4/h5-6,8,18H,3,7H2,1-2,4H3,(H,19,20,23)/b22-10+. The Morgan fingerprint density at radius 2 is 2.20 bits per heavy atom. The van der Waals surface area contributed by atoms with Crippen LogP contribution in [0.3, 0.4) is 0 Å². The van der Waals surface area contributed by atoms with E-state index >= 15 is 0 Å². The van der Waals surface area contributed by atoms with Crippen LogP contribution >= 0.6 is 0 Å². The average molecular weight is 338 g/mol. The molecule has 1 aliphatic rings. The third-order valence-corrected chi connectivity index (χ3v) is 3.88. The Morgan fingerprint density at radius 3 is 2.84 bits per heavy atom. The van der Waals surface area contributed by atoms with Gasteiger partial charge >= 0.3 is 0 Å². The summed E-state index contributed by atoms with van der Waals surface area (Å²) >= 11 is 0. The van der Waals surface area contributed by atoms with Crippen molar-refractivity contribution in [2.45, 2.75) is 13.8 Å². The molecule has 9 nitrogen and oxygen atoms in total. The van der Waals surface area contributed by atoms with Gasteiger partial charge in [0, 0.05) is 24.0 Å². The molecular weight excluding hydrogens is 320 g/mol. The molecule has 0 unspecified atom stereocenters. The number of aliphatic imine (C=N–C) groups is 2. The minimum atomic E-state index is -0.0885. The number of pyridine rings is 1. The second-order valence-electron chi connectivity index (χ2n) is 5.50. The first-order chi connectivity index (χ1) is 12.0. The van der Waals surface area contributed by atoms with Crippen LogP contribution in [0.25, 0.3) is 11.5 Å². The second kappa shape index (κ2) is 6.63. The molecular formula is C16H18N8O. The van der Waals surface area contributed by atoms with Gasteiger partial charge in [0.15, 0.2) is 17.5 Å². The maximum atomic E-state index is 11.9. The first-order valence-corrected chi connectivity index (χ1v) is 7.62. The molecule has 3 rings (SSSR count). The maximum absolute atomic E-state index is 11.9. The van der Waals surface area contributed by atoms with Gasteiger partial charge < -0.3 is 10.3 Å². The summed E-state index contributed by atoms with van der Waals surface area (Å²) < 4.78 is 0. The molecule has 1 aliphatic heterocycles. The highest BCUT2D eigenvalue weighted by Gasteiger charge is 2.23. The maximum Gasteiger partial charge on any atom is 0.247 e. The van der Waals surface area contributed by atoms with Crippen LogP contribution in [0.15, 0.2) is 40.1 Å². The zero-order valence-electron chi connectivity index (χ0n) is 14.2. The van der Waals surface area contributed by atoms with E-state index in [0.29, 0.717) is 28.9 Å². The fourth-order valence-electron chi connectivity index (χ4n) is 2.51. The highest BCUT2D eigenvalue weighted by atomic mass is 16.2. The minimum Gasteiger partial charge on any atom is -0.358 e. The van der Waals surface area contributed by atoms with Crippen molar-refractivity contribution < 1.29 is 4.79 Å². The molecule has 25 heavy (non-hydrogen) atoms. The first-order valence-electron chi connectivity index (χ1n) is 7.62. The number of nitrogens with zero attached hydrogens (tertiary/aromatic N) is 6. The normalized spacial score (nSPS) is 15.4. The molecule has 0 fully saturated rings. The molecule has 0 atom stereocenters. The van der Waals surface area contributed by atoms with Crippen molar-refractivity contribution >= 4 is 18.3 Å². The number of likely N-dealkylation sites (N-methyl/N-ethyl adjacent to an activating group) is 1. The van der Waals surface area contributed by atoms with E-state index in [0.717, 1.165) is 11.3 Å². The summed E-state index contributed by atoms with van der Waals surface area (Å²) in [5, 5.41) is 10.6. The molecule has 3 heterocycles. The number of aromatic amines is 1. The lowest BCUT2D eigenvalue weighted by Gasteiger charge is -2.25. The van der Waals surface area contributed by atoms with Gasteiger partial charge in [0.1, 0.15) is 12.0 Å². The Bertz CT molecular complexity index is 882. The molecule has 9 heteroatoms. The van der Waals surface area contributed by atoms with Gasteiger partial charge in [-0.15, -0.1) is 10.2 Å². The predicted molar refractivity (Wildman–Crippen MR) is 93.9 cm³/mol. The van der Waals surface area contributed by atoms with Crippen molar-refractivity contribution in [3.05, 3.63) is 41.4 Å². The number of carbonyl (C=O) groups excluding carboxylic acids is 1. The number of hydrogen-bond acceptors (Lipinski definition) is 7. The van der Waals surface area contributed by atoms with E-state index < -0.39 is 0 Å². The lowest BCUT2D eigenvalue weighted by Crippen LogP contribution is -2.41. The molecule has 128 valence electrons. The van der Waals surface area contributed by atoms with Gasteiger partial charge in [0.2, 0.25) is 5.91 Å². The van der Waals surface area contributed by atoms with Crippen LogP contribution in [-0.4, -0.2) is 57.0 Å². The summed E-state index contributed by atoms with van der Waals surface area (Å²) in [7, 11) is 1.67. The van der Waals surface area contributed by atoms with Gasteiger partial charge in [-0.3, -0.25) is 9.69 Å². The smallest absolute Gasteiger partial charge is 0.247 e. The van der Waals surface area contributed by atoms with Crippen LogP contribution in [0.4, 0.5) is 0 Å². The van der Waals surface area contributed by atoms with Crippen LogP contribution in [0, 0.1) is 6.92 Å². The molecule has 1 amide bonds. The Morgan fingerprint density at radius 1 is 1.40 bits per heavy atom. The number of carbonyl (C=O) groups is 1. The number of rotatable bonds is 4. The van der Waals surface area contributed by atoms with E-state index in [4.69, 9.17) is 0 Å². The first kappa shape index (κ1) is 16.5. The van der Waals surface area contributed by atoms with Crippen LogP contribution in [0.1, 0.15) is 18.2 Å². The van der Waals surface area contributed by atoms with Crippen LogP contribution in [-0.2, 0) is 4.79 Å². The van der Waals surface area contributed by atoms with Crippen molar-refractivity contribution in [1.29, 1.82) is 0 Å². The van der Waals surface area contributed by atoms with Crippen molar-refractivity contribution in [3.8, 4) is 11.5 Å². The average Bonchev–Trinajstić information content (AvgIpc) is 3.13. The second-order valence-corrected chi connectivity index (χ2v) is 5.50. The highest BCUT2D eigenvalue weighted by Crippen LogP contribution is 2.19. The molecule has 2 aromatic heterocycles. The number of H-pyrrole nitrogens is 1. The molecule has 0 saturated heterocycles. The van der Waals surface area contributed by atoms with Crippen LogP contribution in [0.5, 0.6) is 0 Å². The van der Waals surface area contributed by atoms with Crippen molar-refractivity contribution in [3.63, 3.8) is 0 Å². The third-order valence-electron chi connectivity index (χ3n) is 3.88. The number of aryl methyl sites for hydroxylation is 1. The lowest BCUT2D eigenvalue weighted by molar-refractivity contribution is -0.127. The van der Waals surface area contributed by atoms with Gasteiger partial charge in [-0.05, 0) is 32.7 Å². The summed E-state index contributed by atoms with van der Waals surface area (Å²) in [6.45, 7) is 7.45. The fraction of sp³-hybridized carbons (Fsp3) is 0.250. The third kappa shape index (κ3) is 3.16. The SMILES string of the molecule is C=NC1=C(/N=C(\C)c2ccc(-c3nnc[nH]3)nc2C)N(C)C(=O)CN1. The molecule has 0 aromatic carbocycles. The molecule has 2 aromatic rings. The van der Waals surface area contributed by atoms with E-state index in [-0.39, 0.29) is 12.5 Å². The van der Waals surface area contributed by atoms with E-state index in [2.05, 4.69) is 42.2 Å². The predicted octanol–water partition coefficient (Wildman–Crippen LogP) is 0.873. The Labute approximate surface area is 144 Å². The molecule has 2 N–H and O–H groups in total. The lowest BCUT2D eigenvalue weighted by atomic mass is 10.1. The topological polar surface area (TPSA) is 112 Å². The highest BCUT2D eigenvalue weighted by molar-refractivity contribution is 6.00. The van der Waals surface area contributed by atoms with E-state index in [1.807, 2.05) is 26.0 Å². The largest absolute Gasteiger partial charge is 0.358 e. The molecule has 0 saturated carbocycles. The van der Waals surface area contributed by atoms with Gasteiger partial charge in [-0.25, -0.2) is 15.0 Å². The Kier molecular flexibility index (Phi) is 4.38. The summed E-state index contributed by atoms with van der Waals surface area (Å²) in [6.07, 6.45) is 1.51. The van der Waals surface area contributed by atoms with E-state index in [9.17, 15) is 4.79 Å². The Hall–Kier alpha value is -3.36. The summed E-state index contributed by atoms with van der Waals surface area (Å²) in [5.74, 6) is 1.43. The zero-order valence-corrected chi connectivity index (χ0v) is 14.2. The molecule has 0 spiro atoms. The van der Waals surface area contributed by atoms with E-state index in [1.165, 1.54) is 11.2 Å². The van der Waals surface area contributed by atoms with Crippen molar-refractivity contribution in [1.82, 2.24) is 30.4 Å². The van der Waals surface area contributed by atoms with E-state index in [1.54, 1.807) is 7.05 Å². The van der Waals surface area contributed by atoms with Gasteiger partial charge in [0.25, 0.3) is 0 Å². The fourth-order valence-corrected chi connectivity index (χ4v) is 2.51. The molecule has 0 radical (unpaired) electrons. The number of amides is 1. The Balaban J connectivity index is 1.98. The number of nitrogens with one attached hydrogen (secondary N) is 2. The van der Waals surface area contributed by atoms with Gasteiger partial charge in [-0.2, -0.15) is 0 Å². The summed E-state index contributed by atoms with van der Waals surface area (Å²) in [5.41, 5.74) is 3.08. The summed E-state index contributed by atoms with van der Waals surface area (Å²) in [4.78, 5) is 29.3. The number of aromatic nitrogens is 4. The molecule has 0 bridgehead atoms. The monoisotopic (exact) mass is 338 g/mol. The molecule has 0 aliphatic carbocycles.